The maximum Gasteiger partial charge on any atom is 0.112 e. The third-order valence-corrected chi connectivity index (χ3v) is 3.03. The second-order valence-corrected chi connectivity index (χ2v) is 5.53. The summed E-state index contributed by atoms with van der Waals surface area (Å²) in [5.74, 6) is 0. The van der Waals surface area contributed by atoms with Crippen molar-refractivity contribution in [2.24, 2.45) is 5.41 Å². The van der Waals surface area contributed by atoms with Crippen molar-refractivity contribution in [3.05, 3.63) is 0 Å². The van der Waals surface area contributed by atoms with Crippen LogP contribution in [0, 0.1) is 5.41 Å². The average Bonchev–Trinajstić information content (AvgIpc) is 2.16. The summed E-state index contributed by atoms with van der Waals surface area (Å²) in [6, 6.07) is 0. The highest BCUT2D eigenvalue weighted by Gasteiger charge is 2.47. The molecule has 1 saturated heterocycles. The Balaban J connectivity index is 2.79. The van der Waals surface area contributed by atoms with E-state index in [0.29, 0.717) is 6.61 Å². The maximum absolute atomic E-state index is 10.0. The van der Waals surface area contributed by atoms with Crippen molar-refractivity contribution >= 4 is 0 Å². The molecule has 0 radical (unpaired) electrons. The lowest BCUT2D eigenvalue weighted by atomic mass is 9.80. The number of hydrogen-bond acceptors (Lipinski definition) is 4. The highest BCUT2D eigenvalue weighted by molar-refractivity contribution is 4.95. The van der Waals surface area contributed by atoms with Crippen LogP contribution in [-0.4, -0.2) is 47.3 Å². The molecule has 4 heteroatoms. The number of aliphatic hydroxyl groups is 2. The zero-order valence-electron chi connectivity index (χ0n) is 10.8. The van der Waals surface area contributed by atoms with E-state index in [4.69, 9.17) is 9.47 Å². The molecule has 16 heavy (non-hydrogen) atoms. The minimum atomic E-state index is -0.896. The van der Waals surface area contributed by atoms with Gasteiger partial charge in [-0.1, -0.05) is 20.8 Å². The van der Waals surface area contributed by atoms with E-state index in [-0.39, 0.29) is 17.6 Å². The Kier molecular flexibility index (Phi) is 4.35. The molecule has 0 spiro atoms. The monoisotopic (exact) mass is 232 g/mol. The molecule has 1 aliphatic rings. The first-order valence-electron chi connectivity index (χ1n) is 5.92. The Morgan fingerprint density at radius 1 is 1.19 bits per heavy atom. The highest BCUT2D eigenvalue weighted by Crippen LogP contribution is 2.33. The molecule has 2 N–H and O–H groups in total. The Labute approximate surface area is 97.6 Å². The van der Waals surface area contributed by atoms with Crippen LogP contribution in [0.25, 0.3) is 0 Å². The molecule has 5 unspecified atom stereocenters. The topological polar surface area (TPSA) is 58.9 Å². The number of aliphatic hydroxyl groups excluding tert-OH is 2. The van der Waals surface area contributed by atoms with Gasteiger partial charge >= 0.3 is 0 Å². The smallest absolute Gasteiger partial charge is 0.112 e. The van der Waals surface area contributed by atoms with Crippen LogP contribution in [-0.2, 0) is 9.47 Å². The average molecular weight is 232 g/mol. The SMILES string of the molecule is CCOC1C(C)OC(C(C)(C)C)C(O)C1O. The van der Waals surface area contributed by atoms with Gasteiger partial charge < -0.3 is 19.7 Å². The quantitative estimate of drug-likeness (QED) is 0.744. The molecule has 5 atom stereocenters. The van der Waals surface area contributed by atoms with Crippen LogP contribution in [0.5, 0.6) is 0 Å². The fourth-order valence-corrected chi connectivity index (χ4v) is 2.18. The van der Waals surface area contributed by atoms with Crippen LogP contribution in [0.4, 0.5) is 0 Å². The van der Waals surface area contributed by atoms with Gasteiger partial charge in [0.25, 0.3) is 0 Å². The summed E-state index contributed by atoms with van der Waals surface area (Å²) in [5.41, 5.74) is -0.203. The van der Waals surface area contributed by atoms with E-state index in [0.717, 1.165) is 0 Å². The summed E-state index contributed by atoms with van der Waals surface area (Å²) in [7, 11) is 0. The zero-order valence-corrected chi connectivity index (χ0v) is 10.8. The third-order valence-electron chi connectivity index (χ3n) is 3.03. The third kappa shape index (κ3) is 2.74. The number of hydrogen-bond donors (Lipinski definition) is 2. The van der Waals surface area contributed by atoms with E-state index in [1.807, 2.05) is 34.6 Å². The van der Waals surface area contributed by atoms with Crippen molar-refractivity contribution in [3.63, 3.8) is 0 Å². The van der Waals surface area contributed by atoms with Crippen LogP contribution in [0.2, 0.25) is 0 Å². The highest BCUT2D eigenvalue weighted by atomic mass is 16.6. The van der Waals surface area contributed by atoms with Gasteiger partial charge in [-0.25, -0.2) is 0 Å². The Morgan fingerprint density at radius 2 is 1.75 bits per heavy atom. The normalized spacial score (nSPS) is 41.1. The summed E-state index contributed by atoms with van der Waals surface area (Å²) >= 11 is 0. The standard InChI is InChI=1S/C12H24O4/c1-6-15-10-7(2)16-11(12(3,4)5)9(14)8(10)13/h7-11,13-14H,6H2,1-5H3. The summed E-state index contributed by atoms with van der Waals surface area (Å²) in [4.78, 5) is 0. The maximum atomic E-state index is 10.0. The van der Waals surface area contributed by atoms with Gasteiger partial charge in [0.05, 0.1) is 12.2 Å². The van der Waals surface area contributed by atoms with Gasteiger partial charge in [-0.2, -0.15) is 0 Å². The van der Waals surface area contributed by atoms with Crippen molar-refractivity contribution in [3.8, 4) is 0 Å². The lowest BCUT2D eigenvalue weighted by Gasteiger charge is -2.46. The second-order valence-electron chi connectivity index (χ2n) is 5.53. The van der Waals surface area contributed by atoms with Crippen molar-refractivity contribution in [2.45, 2.75) is 65.1 Å². The van der Waals surface area contributed by atoms with Crippen LogP contribution < -0.4 is 0 Å². The minimum Gasteiger partial charge on any atom is -0.388 e. The molecule has 0 aliphatic carbocycles. The molecular formula is C12H24O4. The number of ether oxygens (including phenoxy) is 2. The first kappa shape index (κ1) is 13.9. The van der Waals surface area contributed by atoms with Crippen molar-refractivity contribution in [1.29, 1.82) is 0 Å². The van der Waals surface area contributed by atoms with Gasteiger partial charge in [0.2, 0.25) is 0 Å². The molecule has 1 rings (SSSR count). The zero-order chi connectivity index (χ0) is 12.5. The van der Waals surface area contributed by atoms with Crippen molar-refractivity contribution in [2.75, 3.05) is 6.61 Å². The van der Waals surface area contributed by atoms with E-state index >= 15 is 0 Å². The van der Waals surface area contributed by atoms with Gasteiger partial charge in [-0.3, -0.25) is 0 Å². The number of rotatable bonds is 2. The van der Waals surface area contributed by atoms with Crippen LogP contribution >= 0.6 is 0 Å². The van der Waals surface area contributed by atoms with Crippen molar-refractivity contribution < 1.29 is 19.7 Å². The van der Waals surface area contributed by atoms with Crippen LogP contribution in [0.1, 0.15) is 34.6 Å². The lowest BCUT2D eigenvalue weighted by molar-refractivity contribution is -0.249. The summed E-state index contributed by atoms with van der Waals surface area (Å²) in [6.45, 7) is 10.2. The Morgan fingerprint density at radius 3 is 2.19 bits per heavy atom. The predicted molar refractivity (Wildman–Crippen MR) is 61.2 cm³/mol. The lowest BCUT2D eigenvalue weighted by Crippen LogP contribution is -2.60. The minimum absolute atomic E-state index is 0.203. The summed E-state index contributed by atoms with van der Waals surface area (Å²) in [6.07, 6.45) is -2.80. The molecule has 0 aromatic carbocycles. The van der Waals surface area contributed by atoms with E-state index < -0.39 is 18.3 Å². The predicted octanol–water partition coefficient (Wildman–Crippen LogP) is 0.947. The van der Waals surface area contributed by atoms with Gasteiger partial charge in [0.1, 0.15) is 18.3 Å². The van der Waals surface area contributed by atoms with E-state index in [1.165, 1.54) is 0 Å². The summed E-state index contributed by atoms with van der Waals surface area (Å²) in [5, 5.41) is 20.1. The van der Waals surface area contributed by atoms with E-state index in [2.05, 4.69) is 0 Å². The molecule has 0 aromatic rings. The molecule has 0 bridgehead atoms. The molecule has 1 aliphatic heterocycles. The molecular weight excluding hydrogens is 208 g/mol. The Bertz CT molecular complexity index is 224. The van der Waals surface area contributed by atoms with Crippen molar-refractivity contribution in [1.82, 2.24) is 0 Å². The van der Waals surface area contributed by atoms with Crippen LogP contribution in [0.15, 0.2) is 0 Å². The molecule has 1 heterocycles. The van der Waals surface area contributed by atoms with Gasteiger partial charge in [-0.15, -0.1) is 0 Å². The molecule has 4 nitrogen and oxygen atoms in total. The Hall–Kier alpha value is -0.160. The first-order valence-corrected chi connectivity index (χ1v) is 5.92. The fourth-order valence-electron chi connectivity index (χ4n) is 2.18. The molecule has 0 saturated carbocycles. The molecule has 0 aromatic heterocycles. The largest absolute Gasteiger partial charge is 0.388 e. The van der Waals surface area contributed by atoms with Crippen LogP contribution in [0.3, 0.4) is 0 Å². The van der Waals surface area contributed by atoms with Gasteiger partial charge in [0.15, 0.2) is 0 Å². The molecule has 1 fully saturated rings. The fraction of sp³-hybridized carbons (Fsp3) is 1.00. The van der Waals surface area contributed by atoms with E-state index in [1.54, 1.807) is 0 Å². The summed E-state index contributed by atoms with van der Waals surface area (Å²) < 4.78 is 11.2. The molecule has 0 amide bonds. The molecule has 96 valence electrons. The van der Waals surface area contributed by atoms with Gasteiger partial charge in [-0.05, 0) is 19.3 Å². The second kappa shape index (κ2) is 5.00. The van der Waals surface area contributed by atoms with E-state index in [9.17, 15) is 10.2 Å². The first-order chi connectivity index (χ1) is 7.29. The van der Waals surface area contributed by atoms with Gasteiger partial charge in [0, 0.05) is 6.61 Å².